The molecular weight excluding hydrogens is 546 g/mol. The maximum Gasteiger partial charge on any atom is 0.387 e. The van der Waals surface area contributed by atoms with E-state index >= 15 is 0 Å². The van der Waals surface area contributed by atoms with Crippen molar-refractivity contribution in [1.29, 1.82) is 0 Å². The molecule has 2 unspecified atom stereocenters. The van der Waals surface area contributed by atoms with Crippen LogP contribution in [0.15, 0.2) is 24.3 Å². The van der Waals surface area contributed by atoms with E-state index in [9.17, 15) is 18.4 Å². The van der Waals surface area contributed by atoms with E-state index in [1.54, 1.807) is 19.2 Å². The van der Waals surface area contributed by atoms with Crippen LogP contribution < -0.4 is 9.64 Å². The minimum atomic E-state index is -2.93. The molecule has 0 bridgehead atoms. The minimum absolute atomic E-state index is 0.0149. The lowest BCUT2D eigenvalue weighted by Gasteiger charge is -2.27. The molecule has 2 atom stereocenters. The zero-order valence-corrected chi connectivity index (χ0v) is 18.4. The molecule has 5 nitrogen and oxygen atoms in total. The Hall–Kier alpha value is -0.740. The molecule has 2 amide bonds. The Bertz CT molecular complexity index is 749. The summed E-state index contributed by atoms with van der Waals surface area (Å²) < 4.78 is 27.9. The van der Waals surface area contributed by atoms with Gasteiger partial charge < -0.3 is 14.5 Å². The van der Waals surface area contributed by atoms with Crippen LogP contribution in [0.1, 0.15) is 12.8 Å². The van der Waals surface area contributed by atoms with Crippen molar-refractivity contribution in [3.8, 4) is 5.75 Å². The first-order valence-corrected chi connectivity index (χ1v) is 10.1. The van der Waals surface area contributed by atoms with Gasteiger partial charge in [0.2, 0.25) is 11.8 Å². The first-order chi connectivity index (χ1) is 12.1. The largest absolute Gasteiger partial charge is 0.435 e. The molecule has 1 saturated carbocycles. The highest BCUT2D eigenvalue weighted by molar-refractivity contribution is 9.26. The lowest BCUT2D eigenvalue weighted by atomic mass is 10.2. The van der Waals surface area contributed by atoms with E-state index in [1.165, 1.54) is 21.9 Å². The summed E-state index contributed by atoms with van der Waals surface area (Å²) in [6.45, 7) is -2.54. The predicted octanol–water partition coefficient (Wildman–Crippen LogP) is 3.88. The molecule has 0 aromatic heterocycles. The van der Waals surface area contributed by atoms with E-state index in [0.29, 0.717) is 25.1 Å². The Kier molecular flexibility index (Phi) is 5.40. The average molecular weight is 561 g/mol. The number of hydrogen-bond donors (Lipinski definition) is 0. The van der Waals surface area contributed by atoms with Crippen molar-refractivity contribution in [2.45, 2.75) is 33.1 Å². The summed E-state index contributed by atoms with van der Waals surface area (Å²) in [5, 5.41) is 0. The van der Waals surface area contributed by atoms with Crippen molar-refractivity contribution >= 4 is 65.3 Å². The van der Waals surface area contributed by atoms with Crippen LogP contribution in [0.3, 0.4) is 0 Å². The minimum Gasteiger partial charge on any atom is -0.435 e. The van der Waals surface area contributed by atoms with Crippen LogP contribution >= 0.6 is 47.8 Å². The third-order valence-corrected chi connectivity index (χ3v) is 8.85. The molecule has 0 N–H and O–H groups in total. The van der Waals surface area contributed by atoms with Gasteiger partial charge in [-0.15, -0.1) is 0 Å². The van der Waals surface area contributed by atoms with Gasteiger partial charge in [0.1, 0.15) is 19.3 Å². The number of rotatable bonds is 5. The summed E-state index contributed by atoms with van der Waals surface area (Å²) in [6.07, 6.45) is 1.02. The number of alkyl halides is 5. The van der Waals surface area contributed by atoms with Crippen LogP contribution in [0.25, 0.3) is 0 Å². The molecule has 26 heavy (non-hydrogen) atoms. The summed E-state index contributed by atoms with van der Waals surface area (Å²) in [7, 11) is 1.60. The molecule has 1 aromatic rings. The predicted molar refractivity (Wildman–Crippen MR) is 103 cm³/mol. The van der Waals surface area contributed by atoms with Crippen LogP contribution in [-0.2, 0) is 9.59 Å². The summed E-state index contributed by atoms with van der Waals surface area (Å²) in [5.41, 5.74) is 0.465. The monoisotopic (exact) mass is 558 g/mol. The van der Waals surface area contributed by atoms with Crippen molar-refractivity contribution in [2.24, 2.45) is 0 Å². The molecule has 142 valence electrons. The second kappa shape index (κ2) is 7.01. The number of halogens is 5. The molecule has 0 spiro atoms. The molecule has 1 heterocycles. The third-order valence-electron chi connectivity index (χ3n) is 4.58. The molecule has 10 heteroatoms. The first-order valence-electron chi connectivity index (χ1n) is 7.77. The van der Waals surface area contributed by atoms with Gasteiger partial charge in [-0.2, -0.15) is 8.78 Å². The van der Waals surface area contributed by atoms with Crippen LogP contribution in [0.4, 0.5) is 14.5 Å². The maximum atomic E-state index is 12.8. The van der Waals surface area contributed by atoms with Crippen molar-refractivity contribution in [1.82, 2.24) is 4.90 Å². The number of benzene rings is 1. The van der Waals surface area contributed by atoms with Gasteiger partial charge in [0.05, 0.1) is 0 Å². The van der Waals surface area contributed by atoms with Crippen molar-refractivity contribution < 1.29 is 23.1 Å². The SMILES string of the molecule is CN(C(=O)C1(Br)CC1(Br)Br)C1CCN(c2cccc(OC(F)F)c2)C1=O. The van der Waals surface area contributed by atoms with E-state index in [1.807, 2.05) is 0 Å². The van der Waals surface area contributed by atoms with E-state index in [0.717, 1.165) is 0 Å². The van der Waals surface area contributed by atoms with Crippen LogP contribution in [0, 0.1) is 0 Å². The molecule has 1 aliphatic carbocycles. The molecule has 2 fully saturated rings. The standard InChI is InChI=1S/C16H15Br3F2N2O3/c1-22(13(25)15(17)8-16(15,18)19)11-5-6-23(12(11)24)9-3-2-4-10(7-9)26-14(20)21/h2-4,7,11,14H,5-6,8H2,1H3. The van der Waals surface area contributed by atoms with E-state index < -0.39 is 20.2 Å². The lowest BCUT2D eigenvalue weighted by molar-refractivity contribution is -0.136. The topological polar surface area (TPSA) is 49.9 Å². The quantitative estimate of drug-likeness (QED) is 0.514. The number of ether oxygens (including phenoxy) is 1. The number of amides is 2. The number of hydrogen-bond acceptors (Lipinski definition) is 3. The molecule has 3 rings (SSSR count). The van der Waals surface area contributed by atoms with Gasteiger partial charge in [0.15, 0.2) is 0 Å². The lowest BCUT2D eigenvalue weighted by Crippen LogP contribution is -2.47. The molecule has 1 saturated heterocycles. The average Bonchev–Trinajstić information content (AvgIpc) is 2.88. The Morgan fingerprint density at radius 2 is 2.04 bits per heavy atom. The van der Waals surface area contributed by atoms with Gasteiger partial charge >= 0.3 is 6.61 Å². The van der Waals surface area contributed by atoms with Gasteiger partial charge in [0.25, 0.3) is 0 Å². The molecule has 0 radical (unpaired) electrons. The fraction of sp³-hybridized carbons (Fsp3) is 0.500. The van der Waals surface area contributed by atoms with Gasteiger partial charge in [-0.3, -0.25) is 9.59 Å². The third kappa shape index (κ3) is 3.52. The zero-order chi connectivity index (χ0) is 19.3. The van der Waals surface area contributed by atoms with Crippen molar-refractivity contribution in [2.75, 3.05) is 18.5 Å². The highest BCUT2D eigenvalue weighted by atomic mass is 79.9. The van der Waals surface area contributed by atoms with Crippen molar-refractivity contribution in [3.63, 3.8) is 0 Å². The number of likely N-dealkylation sites (N-methyl/N-ethyl adjacent to an activating group) is 1. The summed E-state index contributed by atoms with van der Waals surface area (Å²) in [6, 6.07) is 5.38. The Labute approximate surface area is 174 Å². The second-order valence-corrected chi connectivity index (χ2v) is 11.4. The molecule has 2 aliphatic rings. The molecule has 1 aliphatic heterocycles. The highest BCUT2D eigenvalue weighted by Gasteiger charge is 2.70. The highest BCUT2D eigenvalue weighted by Crippen LogP contribution is 2.65. The number of anilines is 1. The van der Waals surface area contributed by atoms with Crippen LogP contribution in [0.2, 0.25) is 0 Å². The molecule has 1 aromatic carbocycles. The smallest absolute Gasteiger partial charge is 0.387 e. The number of carbonyl (C=O) groups excluding carboxylic acids is 2. The van der Waals surface area contributed by atoms with E-state index in [-0.39, 0.29) is 17.6 Å². The van der Waals surface area contributed by atoms with Crippen LogP contribution in [-0.4, -0.2) is 50.5 Å². The maximum absolute atomic E-state index is 12.8. The van der Waals surface area contributed by atoms with Crippen molar-refractivity contribution in [3.05, 3.63) is 24.3 Å². The van der Waals surface area contributed by atoms with Gasteiger partial charge in [-0.25, -0.2) is 0 Å². The Balaban J connectivity index is 1.73. The summed E-state index contributed by atoms with van der Waals surface area (Å²) in [5.74, 6) is -0.457. The van der Waals surface area contributed by atoms with E-state index in [2.05, 4.69) is 52.5 Å². The Morgan fingerprint density at radius 1 is 1.38 bits per heavy atom. The number of nitrogens with zero attached hydrogens (tertiary/aromatic N) is 2. The van der Waals surface area contributed by atoms with Crippen LogP contribution in [0.5, 0.6) is 5.75 Å². The summed E-state index contributed by atoms with van der Waals surface area (Å²) >= 11 is 10.3. The fourth-order valence-electron chi connectivity index (χ4n) is 3.02. The van der Waals surface area contributed by atoms with Gasteiger partial charge in [-0.1, -0.05) is 53.9 Å². The summed E-state index contributed by atoms with van der Waals surface area (Å²) in [4.78, 5) is 28.5. The number of carbonyl (C=O) groups is 2. The van der Waals surface area contributed by atoms with Gasteiger partial charge in [0, 0.05) is 31.8 Å². The first kappa shape index (κ1) is 20.0. The second-order valence-electron chi connectivity index (χ2n) is 6.27. The Morgan fingerprint density at radius 3 is 2.62 bits per heavy atom. The normalized spacial score (nSPS) is 27.0. The zero-order valence-electron chi connectivity index (χ0n) is 13.6. The van der Waals surface area contributed by atoms with E-state index in [4.69, 9.17) is 0 Å². The molecular formula is C16H15Br3F2N2O3. The fourth-order valence-corrected chi connectivity index (χ4v) is 5.66. The van der Waals surface area contributed by atoms with Gasteiger partial charge in [-0.05, 0) is 18.6 Å².